The van der Waals surface area contributed by atoms with Gasteiger partial charge in [0.2, 0.25) is 17.8 Å². The molecular formula is C25H46N8O2S. The Kier molecular flexibility index (Phi) is 11.8. The number of ketones is 1. The maximum absolute atomic E-state index is 13.4. The monoisotopic (exact) mass is 522 g/mol. The number of Topliss-reactive ketones (excluding diaryl/α,β-unsaturated/α-hetero) is 1. The van der Waals surface area contributed by atoms with E-state index in [0.717, 1.165) is 19.4 Å². The van der Waals surface area contributed by atoms with Crippen molar-refractivity contribution in [3.05, 3.63) is 0 Å². The fourth-order valence-electron chi connectivity index (χ4n) is 4.22. The third kappa shape index (κ3) is 8.55. The lowest BCUT2D eigenvalue weighted by molar-refractivity contribution is -0.129. The van der Waals surface area contributed by atoms with Crippen molar-refractivity contribution < 1.29 is 9.59 Å². The fourth-order valence-corrected chi connectivity index (χ4v) is 4.83. The molecule has 2 heterocycles. The number of nitrogens with zero attached hydrogens (tertiary/aromatic N) is 4. The summed E-state index contributed by atoms with van der Waals surface area (Å²) in [6, 6.07) is -0.677. The Morgan fingerprint density at radius 2 is 1.94 bits per heavy atom. The van der Waals surface area contributed by atoms with E-state index in [9.17, 15) is 9.59 Å². The second kappa shape index (κ2) is 14.1. The van der Waals surface area contributed by atoms with Gasteiger partial charge in [-0.25, -0.2) is 0 Å². The molecule has 3 unspecified atom stereocenters. The number of nitrogens with two attached hydrogens (primary N) is 1. The van der Waals surface area contributed by atoms with Crippen LogP contribution in [-0.2, 0) is 9.59 Å². The Morgan fingerprint density at radius 1 is 1.25 bits per heavy atom. The van der Waals surface area contributed by atoms with Gasteiger partial charge in [-0.2, -0.15) is 15.0 Å². The van der Waals surface area contributed by atoms with Gasteiger partial charge in [-0.3, -0.25) is 9.59 Å². The number of amides is 1. The van der Waals surface area contributed by atoms with Crippen LogP contribution in [0.2, 0.25) is 0 Å². The molecule has 1 amide bonds. The van der Waals surface area contributed by atoms with Crippen molar-refractivity contribution in [2.24, 2.45) is 17.1 Å². The summed E-state index contributed by atoms with van der Waals surface area (Å²) in [7, 11) is 1.91. The number of hydrogen-bond donors (Lipinski definition) is 4. The molecule has 3 atom stereocenters. The quantitative estimate of drug-likeness (QED) is 0.189. The molecule has 2 rings (SSSR count). The van der Waals surface area contributed by atoms with Crippen molar-refractivity contribution >= 4 is 35.3 Å². The molecule has 1 aromatic rings. The third-order valence-corrected chi connectivity index (χ3v) is 7.54. The van der Waals surface area contributed by atoms with E-state index in [4.69, 9.17) is 5.73 Å². The highest BCUT2D eigenvalue weighted by molar-refractivity contribution is 7.99. The van der Waals surface area contributed by atoms with Gasteiger partial charge in [0.05, 0.1) is 6.04 Å². The first-order valence-electron chi connectivity index (χ1n) is 13.1. The van der Waals surface area contributed by atoms with Crippen LogP contribution in [0.5, 0.6) is 0 Å². The van der Waals surface area contributed by atoms with Crippen molar-refractivity contribution in [3.8, 4) is 0 Å². The Labute approximate surface area is 220 Å². The highest BCUT2D eigenvalue weighted by atomic mass is 32.2. The normalized spacial score (nSPS) is 19.1. The zero-order valence-electron chi connectivity index (χ0n) is 23.1. The van der Waals surface area contributed by atoms with Gasteiger partial charge in [0.25, 0.3) is 0 Å². The molecule has 1 aliphatic rings. The lowest BCUT2D eigenvalue weighted by Gasteiger charge is -2.29. The highest BCUT2D eigenvalue weighted by Crippen LogP contribution is 2.27. The van der Waals surface area contributed by atoms with Crippen LogP contribution < -0.4 is 21.7 Å². The number of nitrogens with one attached hydrogen (secondary N) is 3. The predicted octanol–water partition coefficient (Wildman–Crippen LogP) is 2.77. The zero-order valence-corrected chi connectivity index (χ0v) is 23.9. The van der Waals surface area contributed by atoms with Gasteiger partial charge in [0.1, 0.15) is 6.04 Å². The van der Waals surface area contributed by atoms with Crippen LogP contribution in [0.1, 0.15) is 67.2 Å². The van der Waals surface area contributed by atoms with Crippen LogP contribution >= 0.6 is 11.8 Å². The third-order valence-electron chi connectivity index (χ3n) is 6.66. The fraction of sp³-hybridized carbons (Fsp3) is 0.800. The van der Waals surface area contributed by atoms with Crippen molar-refractivity contribution in [1.29, 1.82) is 0 Å². The maximum Gasteiger partial charge on any atom is 0.245 e. The summed E-state index contributed by atoms with van der Waals surface area (Å²) in [6.07, 6.45) is 2.99. The summed E-state index contributed by atoms with van der Waals surface area (Å²) in [5.74, 6) is 1.83. The molecule has 1 saturated heterocycles. The molecule has 1 aliphatic heterocycles. The van der Waals surface area contributed by atoms with Crippen LogP contribution in [0, 0.1) is 11.3 Å². The Balaban J connectivity index is 2.27. The number of carbonyl (C=O) groups is 2. The Bertz CT molecular complexity index is 866. The number of rotatable bonds is 16. The summed E-state index contributed by atoms with van der Waals surface area (Å²) in [5, 5.41) is 10.2. The SMILES string of the molecule is CCC(C)(C)C(=O)C(CC(C)C)Nc1nc(NC2CC(C)N(CCCNC)C2=O)nc(SCCN)n1. The average molecular weight is 523 g/mol. The van der Waals surface area contributed by atoms with Crippen molar-refractivity contribution in [1.82, 2.24) is 25.2 Å². The molecule has 0 bridgehead atoms. The number of thioether (sulfide) groups is 1. The standard InChI is InChI=1S/C25H46N8O2S/c1-8-25(5,6)20(34)18(14-16(2)3)28-22-30-23(32-24(31-22)36-13-10-26)29-19-15-17(4)33(21(19)35)12-9-11-27-7/h16-19,27H,8-15,26H2,1-7H3,(H2,28,29,30,31,32). The first kappa shape index (κ1) is 30.2. The number of aromatic nitrogens is 3. The van der Waals surface area contributed by atoms with E-state index in [1.165, 1.54) is 11.8 Å². The van der Waals surface area contributed by atoms with E-state index in [2.05, 4.69) is 51.7 Å². The Morgan fingerprint density at radius 3 is 2.56 bits per heavy atom. The van der Waals surface area contributed by atoms with Crippen molar-refractivity contribution in [3.63, 3.8) is 0 Å². The van der Waals surface area contributed by atoms with Gasteiger partial charge in [-0.1, -0.05) is 46.4 Å². The van der Waals surface area contributed by atoms with Gasteiger partial charge in [-0.05, 0) is 52.1 Å². The summed E-state index contributed by atoms with van der Waals surface area (Å²) in [4.78, 5) is 42.0. The smallest absolute Gasteiger partial charge is 0.245 e. The molecule has 1 aromatic heterocycles. The molecule has 0 aromatic carbocycles. The number of anilines is 2. The van der Waals surface area contributed by atoms with Crippen LogP contribution in [-0.4, -0.2) is 82.1 Å². The summed E-state index contributed by atoms with van der Waals surface area (Å²) in [5.41, 5.74) is 5.24. The lowest BCUT2D eigenvalue weighted by Crippen LogP contribution is -2.40. The molecule has 5 N–H and O–H groups in total. The van der Waals surface area contributed by atoms with Gasteiger partial charge in [0.15, 0.2) is 10.9 Å². The number of carbonyl (C=O) groups excluding carboxylic acids is 2. The van der Waals surface area contributed by atoms with E-state index in [0.29, 0.717) is 54.7 Å². The molecule has 36 heavy (non-hydrogen) atoms. The van der Waals surface area contributed by atoms with Crippen molar-refractivity contribution in [2.45, 2.75) is 90.5 Å². The highest BCUT2D eigenvalue weighted by Gasteiger charge is 2.37. The van der Waals surface area contributed by atoms with Crippen LogP contribution in [0.3, 0.4) is 0 Å². The minimum atomic E-state index is -0.457. The van der Waals surface area contributed by atoms with Crippen LogP contribution in [0.25, 0.3) is 0 Å². The van der Waals surface area contributed by atoms with Crippen LogP contribution in [0.15, 0.2) is 5.16 Å². The number of hydrogen-bond acceptors (Lipinski definition) is 10. The van der Waals surface area contributed by atoms with E-state index in [1.807, 2.05) is 32.7 Å². The maximum atomic E-state index is 13.4. The average Bonchev–Trinajstić information content (AvgIpc) is 3.08. The molecule has 0 radical (unpaired) electrons. The molecule has 1 fully saturated rings. The summed E-state index contributed by atoms with van der Waals surface area (Å²) in [6.45, 7) is 14.3. The largest absolute Gasteiger partial charge is 0.344 e. The molecule has 0 spiro atoms. The first-order valence-corrected chi connectivity index (χ1v) is 14.1. The molecule has 0 saturated carbocycles. The predicted molar refractivity (Wildman–Crippen MR) is 147 cm³/mol. The topological polar surface area (TPSA) is 138 Å². The molecule has 11 heteroatoms. The van der Waals surface area contributed by atoms with Gasteiger partial charge < -0.3 is 26.6 Å². The summed E-state index contributed by atoms with van der Waals surface area (Å²) >= 11 is 1.43. The number of likely N-dealkylation sites (tertiary alicyclic amines) is 1. The van der Waals surface area contributed by atoms with E-state index in [-0.39, 0.29) is 17.7 Å². The lowest BCUT2D eigenvalue weighted by atomic mass is 9.80. The van der Waals surface area contributed by atoms with Gasteiger partial charge >= 0.3 is 0 Å². The molecule has 204 valence electrons. The minimum absolute atomic E-state index is 0.0576. The van der Waals surface area contributed by atoms with E-state index >= 15 is 0 Å². The van der Waals surface area contributed by atoms with E-state index < -0.39 is 17.5 Å². The zero-order chi connectivity index (χ0) is 26.9. The van der Waals surface area contributed by atoms with E-state index in [1.54, 1.807) is 0 Å². The minimum Gasteiger partial charge on any atom is -0.344 e. The summed E-state index contributed by atoms with van der Waals surface area (Å²) < 4.78 is 0. The Hall–Kier alpha value is -1.98. The molecule has 10 nitrogen and oxygen atoms in total. The first-order chi connectivity index (χ1) is 17.0. The van der Waals surface area contributed by atoms with Crippen LogP contribution in [0.4, 0.5) is 11.9 Å². The van der Waals surface area contributed by atoms with Gasteiger partial charge in [-0.15, -0.1) is 0 Å². The molecular weight excluding hydrogens is 476 g/mol. The second-order valence-electron chi connectivity index (χ2n) is 10.6. The second-order valence-corrected chi connectivity index (χ2v) is 11.7. The van der Waals surface area contributed by atoms with Crippen molar-refractivity contribution in [2.75, 3.05) is 43.1 Å². The molecule has 0 aliphatic carbocycles. The van der Waals surface area contributed by atoms with Gasteiger partial charge in [0, 0.05) is 30.3 Å².